The van der Waals surface area contributed by atoms with Crippen LogP contribution in [0.25, 0.3) is 0 Å². The zero-order chi connectivity index (χ0) is 9.80. The lowest BCUT2D eigenvalue weighted by molar-refractivity contribution is 0.482. The van der Waals surface area contributed by atoms with Crippen LogP contribution in [0.5, 0.6) is 11.5 Å². The van der Waals surface area contributed by atoms with Gasteiger partial charge in [-0.2, -0.15) is 0 Å². The highest BCUT2D eigenvalue weighted by Gasteiger charge is 1.94. The monoisotopic (exact) mass is 222 g/mol. The van der Waals surface area contributed by atoms with E-state index in [0.29, 0.717) is 0 Å². The fraction of sp³-hybridized carbons (Fsp3) is 0. The average Bonchev–Trinajstić information content (AvgIpc) is 2.23. The van der Waals surface area contributed by atoms with Crippen molar-refractivity contribution in [1.82, 2.24) is 4.98 Å². The van der Waals surface area contributed by atoms with Crippen molar-refractivity contribution in [2.24, 2.45) is 0 Å². The second-order valence-electron chi connectivity index (χ2n) is 2.85. The maximum absolute atomic E-state index is 5.55. The van der Waals surface area contributed by atoms with Crippen LogP contribution in [0.4, 0.5) is 5.69 Å². The van der Waals surface area contributed by atoms with Crippen LogP contribution in [0.2, 0.25) is 0 Å². The van der Waals surface area contributed by atoms with Crippen LogP contribution in [-0.2, 0) is 0 Å². The molecule has 0 aliphatic rings. The molecule has 15 heavy (non-hydrogen) atoms. The third kappa shape index (κ3) is 3.14. The largest absolute Gasteiger partial charge is 0.457 e. The molecule has 0 saturated heterocycles. The van der Waals surface area contributed by atoms with E-state index in [1.54, 1.807) is 36.7 Å². The molecule has 0 bridgehead atoms. The molecule has 2 N–H and O–H groups in total. The van der Waals surface area contributed by atoms with Crippen LogP contribution in [0.3, 0.4) is 0 Å². The Kier molecular flexibility index (Phi) is 3.94. The number of halogens is 1. The highest BCUT2D eigenvalue weighted by molar-refractivity contribution is 5.85. The van der Waals surface area contributed by atoms with E-state index in [9.17, 15) is 0 Å². The smallest absolute Gasteiger partial charge is 0.130 e. The summed E-state index contributed by atoms with van der Waals surface area (Å²) in [6.45, 7) is 0. The van der Waals surface area contributed by atoms with Gasteiger partial charge in [0.2, 0.25) is 0 Å². The van der Waals surface area contributed by atoms with Crippen LogP contribution in [0.1, 0.15) is 0 Å². The number of nitrogens with zero attached hydrogens (tertiary/aromatic N) is 1. The molecule has 2 aromatic rings. The highest BCUT2D eigenvalue weighted by Crippen LogP contribution is 2.20. The molecule has 2 rings (SSSR count). The summed E-state index contributed by atoms with van der Waals surface area (Å²) in [4.78, 5) is 3.90. The number of nitrogen functional groups attached to an aromatic ring is 1. The summed E-state index contributed by atoms with van der Waals surface area (Å²) < 4.78 is 5.54. The van der Waals surface area contributed by atoms with Gasteiger partial charge in [0.15, 0.2) is 0 Å². The van der Waals surface area contributed by atoms with E-state index >= 15 is 0 Å². The van der Waals surface area contributed by atoms with Gasteiger partial charge in [0, 0.05) is 18.1 Å². The number of anilines is 1. The molecule has 3 nitrogen and oxygen atoms in total. The van der Waals surface area contributed by atoms with Gasteiger partial charge >= 0.3 is 0 Å². The summed E-state index contributed by atoms with van der Waals surface area (Å²) in [5, 5.41) is 0. The molecule has 0 aliphatic heterocycles. The molecule has 0 amide bonds. The summed E-state index contributed by atoms with van der Waals surface area (Å²) >= 11 is 0. The van der Waals surface area contributed by atoms with Crippen molar-refractivity contribution in [2.45, 2.75) is 0 Å². The van der Waals surface area contributed by atoms with Gasteiger partial charge in [-0.25, -0.2) is 0 Å². The van der Waals surface area contributed by atoms with E-state index < -0.39 is 0 Å². The lowest BCUT2D eigenvalue weighted by Crippen LogP contribution is -1.86. The molecule has 0 saturated carbocycles. The minimum Gasteiger partial charge on any atom is -0.457 e. The van der Waals surface area contributed by atoms with Crippen LogP contribution < -0.4 is 10.5 Å². The second kappa shape index (κ2) is 5.22. The number of benzene rings is 1. The Morgan fingerprint density at radius 2 is 1.40 bits per heavy atom. The van der Waals surface area contributed by atoms with Gasteiger partial charge in [-0.1, -0.05) is 0 Å². The van der Waals surface area contributed by atoms with Crippen LogP contribution in [0.15, 0.2) is 48.8 Å². The Bertz CT molecular complexity index is 403. The van der Waals surface area contributed by atoms with Gasteiger partial charge < -0.3 is 10.5 Å². The number of rotatable bonds is 2. The summed E-state index contributed by atoms with van der Waals surface area (Å²) in [5.41, 5.74) is 6.28. The zero-order valence-electron chi connectivity index (χ0n) is 7.96. The fourth-order valence-electron chi connectivity index (χ4n) is 1.08. The highest BCUT2D eigenvalue weighted by atomic mass is 35.5. The Labute approximate surface area is 94.3 Å². The molecule has 0 atom stereocenters. The molecular formula is C11H11ClN2O. The molecule has 0 aliphatic carbocycles. The van der Waals surface area contributed by atoms with Gasteiger partial charge in [-0.15, -0.1) is 12.4 Å². The molecule has 4 heteroatoms. The van der Waals surface area contributed by atoms with Crippen molar-refractivity contribution in [3.8, 4) is 11.5 Å². The number of pyridine rings is 1. The molecule has 0 radical (unpaired) electrons. The molecule has 78 valence electrons. The first-order chi connectivity index (χ1) is 6.84. The Balaban J connectivity index is 0.00000112. The molecule has 1 heterocycles. The summed E-state index contributed by atoms with van der Waals surface area (Å²) in [5.74, 6) is 1.54. The lowest BCUT2D eigenvalue weighted by atomic mass is 10.3. The molecule has 0 spiro atoms. The van der Waals surface area contributed by atoms with Crippen molar-refractivity contribution in [1.29, 1.82) is 0 Å². The van der Waals surface area contributed by atoms with Crippen molar-refractivity contribution in [3.05, 3.63) is 48.8 Å². The molecule has 0 fully saturated rings. The number of aromatic nitrogens is 1. The maximum atomic E-state index is 5.55. The van der Waals surface area contributed by atoms with E-state index in [4.69, 9.17) is 10.5 Å². The minimum atomic E-state index is 0. The summed E-state index contributed by atoms with van der Waals surface area (Å²) in [6.07, 6.45) is 3.37. The predicted octanol–water partition coefficient (Wildman–Crippen LogP) is 2.88. The first kappa shape index (κ1) is 11.3. The van der Waals surface area contributed by atoms with E-state index in [1.807, 2.05) is 12.1 Å². The SMILES string of the molecule is Cl.Nc1ccc(Oc2ccncc2)cc1. The third-order valence-electron chi connectivity index (χ3n) is 1.77. The Hall–Kier alpha value is -1.74. The van der Waals surface area contributed by atoms with Crippen molar-refractivity contribution < 1.29 is 4.74 Å². The lowest BCUT2D eigenvalue weighted by Gasteiger charge is -2.04. The number of nitrogens with two attached hydrogens (primary N) is 1. The number of ether oxygens (including phenoxy) is 1. The van der Waals surface area contributed by atoms with Gasteiger partial charge in [-0.3, -0.25) is 4.98 Å². The third-order valence-corrected chi connectivity index (χ3v) is 1.77. The Morgan fingerprint density at radius 3 is 2.00 bits per heavy atom. The van der Waals surface area contributed by atoms with E-state index in [0.717, 1.165) is 17.2 Å². The molecule has 1 aromatic carbocycles. The van der Waals surface area contributed by atoms with E-state index in [1.165, 1.54) is 0 Å². The fourth-order valence-corrected chi connectivity index (χ4v) is 1.08. The van der Waals surface area contributed by atoms with Gasteiger partial charge in [0.25, 0.3) is 0 Å². The van der Waals surface area contributed by atoms with Crippen LogP contribution >= 0.6 is 12.4 Å². The zero-order valence-corrected chi connectivity index (χ0v) is 8.78. The van der Waals surface area contributed by atoms with Crippen LogP contribution in [0, 0.1) is 0 Å². The first-order valence-electron chi connectivity index (χ1n) is 4.28. The van der Waals surface area contributed by atoms with Crippen molar-refractivity contribution in [3.63, 3.8) is 0 Å². The quantitative estimate of drug-likeness (QED) is 0.795. The summed E-state index contributed by atoms with van der Waals surface area (Å²) in [6, 6.07) is 10.9. The normalized spacial score (nSPS) is 9.07. The standard InChI is InChI=1S/C11H10N2O.ClH/c12-9-1-3-10(4-2-9)14-11-5-7-13-8-6-11;/h1-8H,12H2;1H. The van der Waals surface area contributed by atoms with Crippen LogP contribution in [-0.4, -0.2) is 4.98 Å². The molecular weight excluding hydrogens is 212 g/mol. The minimum absolute atomic E-state index is 0. The summed E-state index contributed by atoms with van der Waals surface area (Å²) in [7, 11) is 0. The molecule has 1 aromatic heterocycles. The van der Waals surface area contributed by atoms with Gasteiger partial charge in [-0.05, 0) is 36.4 Å². The van der Waals surface area contributed by atoms with Crippen molar-refractivity contribution >= 4 is 18.1 Å². The van der Waals surface area contributed by atoms with Gasteiger partial charge in [0.05, 0.1) is 0 Å². The van der Waals surface area contributed by atoms with Gasteiger partial charge in [0.1, 0.15) is 11.5 Å². The number of hydrogen-bond acceptors (Lipinski definition) is 3. The first-order valence-corrected chi connectivity index (χ1v) is 4.28. The maximum Gasteiger partial charge on any atom is 0.130 e. The predicted molar refractivity (Wildman–Crippen MR) is 62.4 cm³/mol. The Morgan fingerprint density at radius 1 is 0.867 bits per heavy atom. The van der Waals surface area contributed by atoms with E-state index in [2.05, 4.69) is 4.98 Å². The molecule has 0 unspecified atom stereocenters. The number of hydrogen-bond donors (Lipinski definition) is 1. The second-order valence-corrected chi connectivity index (χ2v) is 2.85. The van der Waals surface area contributed by atoms with E-state index in [-0.39, 0.29) is 12.4 Å². The topological polar surface area (TPSA) is 48.1 Å². The average molecular weight is 223 g/mol. The van der Waals surface area contributed by atoms with Crippen molar-refractivity contribution in [2.75, 3.05) is 5.73 Å².